The second-order valence-electron chi connectivity index (χ2n) is 5.07. The molecule has 0 radical (unpaired) electrons. The van der Waals surface area contributed by atoms with Crippen molar-refractivity contribution in [3.63, 3.8) is 0 Å². The monoisotopic (exact) mass is 198 g/mol. The molecule has 0 aliphatic rings. The smallest absolute Gasteiger partial charge is 0.0443 e. The van der Waals surface area contributed by atoms with Gasteiger partial charge in [-0.1, -0.05) is 79.1 Å². The molecule has 0 saturated carbocycles. The van der Waals surface area contributed by atoms with Gasteiger partial charge >= 0.3 is 0 Å². The van der Waals surface area contributed by atoms with Gasteiger partial charge in [-0.05, 0) is 11.8 Å². The number of hydrogen-bond acceptors (Lipinski definition) is 0. The van der Waals surface area contributed by atoms with Crippen molar-refractivity contribution >= 4 is 0 Å². The highest BCUT2D eigenvalue weighted by molar-refractivity contribution is 4.56. The standard InChI is InChI=1S/C14H30/c1-5-9-13(3)11-7-8-12-14(4)10-6-2/h13-14H,5-12H2,1-4H3/t13-,14+. The third-order valence-electron chi connectivity index (χ3n) is 3.21. The molecule has 0 spiro atoms. The van der Waals surface area contributed by atoms with Gasteiger partial charge in [0.1, 0.15) is 0 Å². The number of rotatable bonds is 9. The van der Waals surface area contributed by atoms with Crippen LogP contribution in [0.5, 0.6) is 0 Å². The van der Waals surface area contributed by atoms with E-state index in [0.29, 0.717) is 0 Å². The van der Waals surface area contributed by atoms with Crippen LogP contribution in [0.25, 0.3) is 0 Å². The summed E-state index contributed by atoms with van der Waals surface area (Å²) in [6, 6.07) is 0. The van der Waals surface area contributed by atoms with Crippen LogP contribution in [0.2, 0.25) is 0 Å². The first-order valence-electron chi connectivity index (χ1n) is 6.70. The second kappa shape index (κ2) is 9.55. The third kappa shape index (κ3) is 8.59. The fourth-order valence-corrected chi connectivity index (χ4v) is 2.26. The highest BCUT2D eigenvalue weighted by Crippen LogP contribution is 2.18. The van der Waals surface area contributed by atoms with Crippen molar-refractivity contribution < 1.29 is 0 Å². The first-order chi connectivity index (χ1) is 6.70. The van der Waals surface area contributed by atoms with Gasteiger partial charge in [-0.15, -0.1) is 0 Å². The molecule has 0 aliphatic carbocycles. The SMILES string of the molecule is CCC[C@@H](C)CCCC[C@@H](C)CCC. The first-order valence-corrected chi connectivity index (χ1v) is 6.70. The predicted octanol–water partition coefficient (Wildman–Crippen LogP) is 5.42. The molecule has 0 heteroatoms. The molecule has 0 fully saturated rings. The molecule has 2 atom stereocenters. The van der Waals surface area contributed by atoms with E-state index in [-0.39, 0.29) is 0 Å². The second-order valence-corrected chi connectivity index (χ2v) is 5.07. The van der Waals surface area contributed by atoms with Crippen LogP contribution in [0.1, 0.15) is 79.1 Å². The van der Waals surface area contributed by atoms with Gasteiger partial charge in [0.2, 0.25) is 0 Å². The van der Waals surface area contributed by atoms with E-state index in [9.17, 15) is 0 Å². The quantitative estimate of drug-likeness (QED) is 0.434. The van der Waals surface area contributed by atoms with Gasteiger partial charge in [0, 0.05) is 0 Å². The Labute approximate surface area is 91.5 Å². The molecule has 0 aromatic rings. The fourth-order valence-electron chi connectivity index (χ4n) is 2.26. The van der Waals surface area contributed by atoms with E-state index in [1.165, 1.54) is 51.4 Å². The molecule has 0 N–H and O–H groups in total. The summed E-state index contributed by atoms with van der Waals surface area (Å²) >= 11 is 0. The van der Waals surface area contributed by atoms with Crippen LogP contribution in [0.4, 0.5) is 0 Å². The molecule has 0 amide bonds. The first kappa shape index (κ1) is 14.0. The summed E-state index contributed by atoms with van der Waals surface area (Å²) in [6.07, 6.45) is 11.4. The Morgan fingerprint density at radius 3 is 1.29 bits per heavy atom. The van der Waals surface area contributed by atoms with E-state index in [0.717, 1.165) is 11.8 Å². The lowest BCUT2D eigenvalue weighted by molar-refractivity contribution is 0.417. The zero-order chi connectivity index (χ0) is 10.8. The van der Waals surface area contributed by atoms with Crippen LogP contribution in [-0.4, -0.2) is 0 Å². The van der Waals surface area contributed by atoms with E-state index in [4.69, 9.17) is 0 Å². The lowest BCUT2D eigenvalue weighted by atomic mass is 9.95. The minimum absolute atomic E-state index is 0.960. The van der Waals surface area contributed by atoms with Crippen molar-refractivity contribution in [1.29, 1.82) is 0 Å². The van der Waals surface area contributed by atoms with Crippen molar-refractivity contribution in [3.05, 3.63) is 0 Å². The molecular formula is C14H30. The minimum atomic E-state index is 0.960. The lowest BCUT2D eigenvalue weighted by Crippen LogP contribution is -1.97. The molecule has 0 saturated heterocycles. The molecule has 86 valence electrons. The van der Waals surface area contributed by atoms with Gasteiger partial charge in [-0.25, -0.2) is 0 Å². The summed E-state index contributed by atoms with van der Waals surface area (Å²) < 4.78 is 0. The molecule has 0 unspecified atom stereocenters. The number of hydrogen-bond donors (Lipinski definition) is 0. The van der Waals surface area contributed by atoms with Crippen LogP contribution in [0.3, 0.4) is 0 Å². The summed E-state index contributed by atoms with van der Waals surface area (Å²) in [5.41, 5.74) is 0. The highest BCUT2D eigenvalue weighted by Gasteiger charge is 2.02. The van der Waals surface area contributed by atoms with E-state index >= 15 is 0 Å². The zero-order valence-corrected chi connectivity index (χ0v) is 10.8. The van der Waals surface area contributed by atoms with Gasteiger partial charge < -0.3 is 0 Å². The van der Waals surface area contributed by atoms with Gasteiger partial charge in [-0.2, -0.15) is 0 Å². The van der Waals surface area contributed by atoms with Gasteiger partial charge in [0.25, 0.3) is 0 Å². The third-order valence-corrected chi connectivity index (χ3v) is 3.21. The summed E-state index contributed by atoms with van der Waals surface area (Å²) in [6.45, 7) is 9.39. The summed E-state index contributed by atoms with van der Waals surface area (Å²) in [5.74, 6) is 1.92. The predicted molar refractivity (Wildman–Crippen MR) is 66.6 cm³/mol. The van der Waals surface area contributed by atoms with Crippen molar-refractivity contribution in [2.45, 2.75) is 79.1 Å². The van der Waals surface area contributed by atoms with E-state index in [1.54, 1.807) is 0 Å². The van der Waals surface area contributed by atoms with Gasteiger partial charge in [-0.3, -0.25) is 0 Å². The zero-order valence-electron chi connectivity index (χ0n) is 10.8. The fraction of sp³-hybridized carbons (Fsp3) is 1.00. The van der Waals surface area contributed by atoms with Gasteiger partial charge in [0.15, 0.2) is 0 Å². The maximum Gasteiger partial charge on any atom is -0.0443 e. The Bertz CT molecular complexity index is 92.6. The summed E-state index contributed by atoms with van der Waals surface area (Å²) in [4.78, 5) is 0. The molecule has 0 heterocycles. The highest BCUT2D eigenvalue weighted by atomic mass is 14.1. The molecule has 0 aromatic carbocycles. The summed E-state index contributed by atoms with van der Waals surface area (Å²) in [5, 5.41) is 0. The van der Waals surface area contributed by atoms with E-state index in [1.807, 2.05) is 0 Å². The largest absolute Gasteiger partial charge is 0.0654 e. The Morgan fingerprint density at radius 2 is 1.00 bits per heavy atom. The maximum atomic E-state index is 2.40. The molecule has 0 aromatic heterocycles. The van der Waals surface area contributed by atoms with Crippen molar-refractivity contribution in [2.75, 3.05) is 0 Å². The Balaban J connectivity index is 3.19. The van der Waals surface area contributed by atoms with Crippen molar-refractivity contribution in [2.24, 2.45) is 11.8 Å². The average molecular weight is 198 g/mol. The van der Waals surface area contributed by atoms with Crippen molar-refractivity contribution in [1.82, 2.24) is 0 Å². The molecule has 14 heavy (non-hydrogen) atoms. The molecular weight excluding hydrogens is 168 g/mol. The van der Waals surface area contributed by atoms with Gasteiger partial charge in [0.05, 0.1) is 0 Å². The molecule has 0 rings (SSSR count). The Morgan fingerprint density at radius 1 is 0.643 bits per heavy atom. The van der Waals surface area contributed by atoms with Crippen LogP contribution in [0.15, 0.2) is 0 Å². The number of unbranched alkanes of at least 4 members (excludes halogenated alkanes) is 1. The van der Waals surface area contributed by atoms with Crippen LogP contribution >= 0.6 is 0 Å². The molecule has 0 nitrogen and oxygen atoms in total. The van der Waals surface area contributed by atoms with Crippen LogP contribution < -0.4 is 0 Å². The Kier molecular flexibility index (Phi) is 9.55. The molecule has 0 aliphatic heterocycles. The van der Waals surface area contributed by atoms with E-state index < -0.39 is 0 Å². The van der Waals surface area contributed by atoms with Crippen molar-refractivity contribution in [3.8, 4) is 0 Å². The minimum Gasteiger partial charge on any atom is -0.0654 e. The summed E-state index contributed by atoms with van der Waals surface area (Å²) in [7, 11) is 0. The Hall–Kier alpha value is 0. The van der Waals surface area contributed by atoms with Crippen LogP contribution in [0, 0.1) is 11.8 Å². The molecule has 0 bridgehead atoms. The lowest BCUT2D eigenvalue weighted by Gasteiger charge is -2.12. The maximum absolute atomic E-state index is 2.40. The topological polar surface area (TPSA) is 0 Å². The normalized spacial score (nSPS) is 15.4. The van der Waals surface area contributed by atoms with E-state index in [2.05, 4.69) is 27.7 Å². The average Bonchev–Trinajstić information content (AvgIpc) is 2.13. The van der Waals surface area contributed by atoms with Crippen LogP contribution in [-0.2, 0) is 0 Å².